The number of rotatable bonds is 23. The molecule has 0 heterocycles. The summed E-state index contributed by atoms with van der Waals surface area (Å²) in [6.45, 7) is 12.7. The summed E-state index contributed by atoms with van der Waals surface area (Å²) in [6, 6.07) is 0. The molecule has 0 spiro atoms. The molecule has 1 atom stereocenters. The van der Waals surface area contributed by atoms with E-state index in [0.29, 0.717) is 6.42 Å². The first kappa shape index (κ1) is 30.2. The molecule has 0 radical (unpaired) electrons. The average molecular weight is 437 g/mol. The summed E-state index contributed by atoms with van der Waals surface area (Å²) in [5.74, 6) is -0.0412. The predicted molar refractivity (Wildman–Crippen MR) is 138 cm³/mol. The van der Waals surface area contributed by atoms with Gasteiger partial charge in [-0.1, -0.05) is 130 Å². The molecule has 0 aliphatic rings. The highest BCUT2D eigenvalue weighted by molar-refractivity contribution is 5.70. The topological polar surface area (TPSA) is 26.3 Å². The molecule has 0 rings (SSSR count). The SMILES string of the molecule is C=C(C)[C@@](C)(CCCCCCCCCCCC)OC(=O)CCCCCCCCCCC. The van der Waals surface area contributed by atoms with Crippen LogP contribution in [0.1, 0.15) is 163 Å². The molecule has 2 nitrogen and oxygen atoms in total. The maximum atomic E-state index is 12.4. The monoisotopic (exact) mass is 436 g/mol. The molecule has 0 N–H and O–H groups in total. The Balaban J connectivity index is 3.83. The first-order valence-electron chi connectivity index (χ1n) is 13.8. The van der Waals surface area contributed by atoms with E-state index in [9.17, 15) is 4.79 Å². The van der Waals surface area contributed by atoms with Crippen molar-refractivity contribution < 1.29 is 9.53 Å². The van der Waals surface area contributed by atoms with Gasteiger partial charge in [-0.3, -0.25) is 4.79 Å². The summed E-state index contributed by atoms with van der Waals surface area (Å²) in [4.78, 5) is 12.4. The zero-order valence-electron chi connectivity index (χ0n) is 21.9. The lowest BCUT2D eigenvalue weighted by atomic mass is 9.91. The van der Waals surface area contributed by atoms with Gasteiger partial charge in [0.05, 0.1) is 0 Å². The summed E-state index contributed by atoms with van der Waals surface area (Å²) < 4.78 is 5.92. The molecular weight excluding hydrogens is 380 g/mol. The molecule has 184 valence electrons. The molecule has 0 saturated carbocycles. The summed E-state index contributed by atoms with van der Waals surface area (Å²) in [7, 11) is 0. The van der Waals surface area contributed by atoms with Crippen molar-refractivity contribution in [2.45, 2.75) is 168 Å². The minimum absolute atomic E-state index is 0.0412. The van der Waals surface area contributed by atoms with Crippen molar-refractivity contribution in [2.75, 3.05) is 0 Å². The third-order valence-corrected chi connectivity index (χ3v) is 6.73. The van der Waals surface area contributed by atoms with E-state index in [4.69, 9.17) is 4.74 Å². The second-order valence-electron chi connectivity index (χ2n) is 10.00. The van der Waals surface area contributed by atoms with Crippen LogP contribution in [0.25, 0.3) is 0 Å². The molecule has 0 aromatic carbocycles. The Labute approximate surface area is 196 Å². The summed E-state index contributed by atoms with van der Waals surface area (Å²) in [5, 5.41) is 0. The fourth-order valence-electron chi connectivity index (χ4n) is 4.18. The van der Waals surface area contributed by atoms with Gasteiger partial charge in [-0.05, 0) is 38.7 Å². The molecule has 0 fully saturated rings. The highest BCUT2D eigenvalue weighted by Gasteiger charge is 2.29. The summed E-state index contributed by atoms with van der Waals surface area (Å²) in [5.41, 5.74) is 0.486. The summed E-state index contributed by atoms with van der Waals surface area (Å²) in [6.07, 6.45) is 26.1. The van der Waals surface area contributed by atoms with Crippen LogP contribution in [-0.2, 0) is 9.53 Å². The minimum atomic E-state index is -0.490. The maximum absolute atomic E-state index is 12.4. The first-order chi connectivity index (χ1) is 15.0. The van der Waals surface area contributed by atoms with Gasteiger partial charge in [0.1, 0.15) is 5.60 Å². The number of carbonyl (C=O) groups is 1. The number of esters is 1. The third-order valence-electron chi connectivity index (χ3n) is 6.73. The molecular formula is C29H56O2. The van der Waals surface area contributed by atoms with Crippen molar-refractivity contribution in [1.82, 2.24) is 0 Å². The van der Waals surface area contributed by atoms with Crippen molar-refractivity contribution in [1.29, 1.82) is 0 Å². The molecule has 0 bridgehead atoms. The Morgan fingerprint density at radius 1 is 0.645 bits per heavy atom. The Hall–Kier alpha value is -0.790. The molecule has 0 amide bonds. The number of ether oxygens (including phenoxy) is 1. The normalized spacial score (nSPS) is 13.2. The van der Waals surface area contributed by atoms with E-state index in [1.165, 1.54) is 103 Å². The predicted octanol–water partition coefficient (Wildman–Crippen LogP) is 10.1. The Morgan fingerprint density at radius 3 is 1.39 bits per heavy atom. The van der Waals surface area contributed by atoms with Gasteiger partial charge in [0.15, 0.2) is 0 Å². The lowest BCUT2D eigenvalue weighted by molar-refractivity contribution is -0.155. The Bertz CT molecular complexity index is 428. The molecule has 0 aliphatic heterocycles. The van der Waals surface area contributed by atoms with Gasteiger partial charge in [0.25, 0.3) is 0 Å². The fraction of sp³-hybridized carbons (Fsp3) is 0.897. The van der Waals surface area contributed by atoms with Crippen molar-refractivity contribution in [3.05, 3.63) is 12.2 Å². The smallest absolute Gasteiger partial charge is 0.306 e. The minimum Gasteiger partial charge on any atom is -0.455 e. The van der Waals surface area contributed by atoms with Crippen LogP contribution in [-0.4, -0.2) is 11.6 Å². The van der Waals surface area contributed by atoms with Crippen LogP contribution in [0.2, 0.25) is 0 Å². The number of unbranched alkanes of at least 4 members (excludes halogenated alkanes) is 17. The van der Waals surface area contributed by atoms with E-state index in [1.54, 1.807) is 0 Å². The van der Waals surface area contributed by atoms with E-state index >= 15 is 0 Å². The van der Waals surface area contributed by atoms with Crippen LogP contribution in [0.4, 0.5) is 0 Å². The van der Waals surface area contributed by atoms with Gasteiger partial charge in [-0.25, -0.2) is 0 Å². The van der Waals surface area contributed by atoms with Gasteiger partial charge < -0.3 is 4.74 Å². The van der Waals surface area contributed by atoms with Crippen molar-refractivity contribution in [3.63, 3.8) is 0 Å². The first-order valence-corrected chi connectivity index (χ1v) is 13.8. The van der Waals surface area contributed by atoms with Gasteiger partial charge in [0, 0.05) is 6.42 Å². The number of hydrogen-bond donors (Lipinski definition) is 0. The van der Waals surface area contributed by atoms with Crippen LogP contribution in [0.5, 0.6) is 0 Å². The second kappa shape index (κ2) is 21.1. The Morgan fingerprint density at radius 2 is 1.00 bits per heavy atom. The zero-order chi connectivity index (χ0) is 23.2. The van der Waals surface area contributed by atoms with Crippen molar-refractivity contribution >= 4 is 5.97 Å². The molecule has 0 aromatic rings. The van der Waals surface area contributed by atoms with E-state index in [1.807, 2.05) is 6.92 Å². The van der Waals surface area contributed by atoms with Crippen LogP contribution in [0.15, 0.2) is 12.2 Å². The van der Waals surface area contributed by atoms with Gasteiger partial charge in [0.2, 0.25) is 0 Å². The van der Waals surface area contributed by atoms with Crippen LogP contribution >= 0.6 is 0 Å². The highest BCUT2D eigenvalue weighted by atomic mass is 16.6. The zero-order valence-corrected chi connectivity index (χ0v) is 21.9. The highest BCUT2D eigenvalue weighted by Crippen LogP contribution is 2.28. The Kier molecular flexibility index (Phi) is 20.5. The second-order valence-corrected chi connectivity index (χ2v) is 10.00. The van der Waals surface area contributed by atoms with Crippen LogP contribution in [0, 0.1) is 0 Å². The molecule has 0 unspecified atom stereocenters. The van der Waals surface area contributed by atoms with Gasteiger partial charge in [-0.2, -0.15) is 0 Å². The van der Waals surface area contributed by atoms with E-state index < -0.39 is 5.60 Å². The number of carbonyl (C=O) groups excluding carboxylic acids is 1. The lowest BCUT2D eigenvalue weighted by Crippen LogP contribution is -2.32. The van der Waals surface area contributed by atoms with Gasteiger partial charge >= 0.3 is 5.97 Å². The van der Waals surface area contributed by atoms with E-state index in [-0.39, 0.29) is 5.97 Å². The van der Waals surface area contributed by atoms with Crippen LogP contribution < -0.4 is 0 Å². The van der Waals surface area contributed by atoms with Crippen molar-refractivity contribution in [3.8, 4) is 0 Å². The standard InChI is InChI=1S/C29H56O2/c1-6-8-10-12-14-16-18-20-22-24-26-29(5,27(3)4)31-28(30)25-23-21-19-17-15-13-11-9-7-2/h3,6-26H2,1-2,4-5H3/t29-/m1/s1. The molecule has 31 heavy (non-hydrogen) atoms. The summed E-state index contributed by atoms with van der Waals surface area (Å²) >= 11 is 0. The maximum Gasteiger partial charge on any atom is 0.306 e. The third kappa shape index (κ3) is 18.5. The molecule has 0 saturated heterocycles. The van der Waals surface area contributed by atoms with E-state index in [2.05, 4.69) is 27.4 Å². The molecule has 2 heteroatoms. The lowest BCUT2D eigenvalue weighted by Gasteiger charge is -2.30. The fourth-order valence-corrected chi connectivity index (χ4v) is 4.18. The largest absolute Gasteiger partial charge is 0.455 e. The quantitative estimate of drug-likeness (QED) is 0.0904. The van der Waals surface area contributed by atoms with Crippen LogP contribution in [0.3, 0.4) is 0 Å². The van der Waals surface area contributed by atoms with Gasteiger partial charge in [-0.15, -0.1) is 0 Å². The van der Waals surface area contributed by atoms with E-state index in [0.717, 1.165) is 31.3 Å². The molecule has 0 aromatic heterocycles. The molecule has 0 aliphatic carbocycles. The average Bonchev–Trinajstić information content (AvgIpc) is 2.73. The number of hydrogen-bond acceptors (Lipinski definition) is 2. The van der Waals surface area contributed by atoms with Crippen molar-refractivity contribution in [2.24, 2.45) is 0 Å².